The molecular formula is C14H15NS2. The van der Waals surface area contributed by atoms with Gasteiger partial charge in [0.1, 0.15) is 0 Å². The van der Waals surface area contributed by atoms with Gasteiger partial charge in [-0.1, -0.05) is 12.1 Å². The smallest absolute Gasteiger partial charge is 0.0314 e. The highest BCUT2D eigenvalue weighted by molar-refractivity contribution is 7.98. The molecule has 0 aromatic heterocycles. The molecule has 0 saturated heterocycles. The molecule has 3 heteroatoms. The summed E-state index contributed by atoms with van der Waals surface area (Å²) in [6.45, 7) is 0. The normalized spacial score (nSPS) is 10.4. The Morgan fingerprint density at radius 1 is 0.882 bits per heavy atom. The number of benzene rings is 2. The standard InChI is InChI=1S/C14H15NS2/c1-16-13-6-2-11(3-7-13)10-17-14-8-4-12(15)5-9-14/h2-9H,10,15H2,1H3. The molecule has 2 rings (SSSR count). The van der Waals surface area contributed by atoms with Crippen molar-refractivity contribution in [2.75, 3.05) is 12.0 Å². The summed E-state index contributed by atoms with van der Waals surface area (Å²) in [6.07, 6.45) is 2.10. The summed E-state index contributed by atoms with van der Waals surface area (Å²) in [5, 5.41) is 0. The summed E-state index contributed by atoms with van der Waals surface area (Å²) in [5.74, 6) is 0.999. The maximum atomic E-state index is 5.65. The van der Waals surface area contributed by atoms with Crippen LogP contribution in [0, 0.1) is 0 Å². The molecule has 0 atom stereocenters. The highest BCUT2D eigenvalue weighted by Crippen LogP contribution is 2.24. The van der Waals surface area contributed by atoms with Crippen LogP contribution >= 0.6 is 23.5 Å². The molecule has 0 heterocycles. The summed E-state index contributed by atoms with van der Waals surface area (Å²) in [7, 11) is 0. The highest BCUT2D eigenvalue weighted by Gasteiger charge is 1.97. The van der Waals surface area contributed by atoms with Gasteiger partial charge in [-0.15, -0.1) is 23.5 Å². The third kappa shape index (κ3) is 3.72. The number of rotatable bonds is 4. The van der Waals surface area contributed by atoms with Crippen molar-refractivity contribution in [1.29, 1.82) is 0 Å². The molecule has 0 aliphatic heterocycles. The Hall–Kier alpha value is -1.06. The van der Waals surface area contributed by atoms with Gasteiger partial charge >= 0.3 is 0 Å². The minimum Gasteiger partial charge on any atom is -0.399 e. The lowest BCUT2D eigenvalue weighted by Gasteiger charge is -2.03. The SMILES string of the molecule is CSc1ccc(CSc2ccc(N)cc2)cc1. The number of nitrogen functional groups attached to an aromatic ring is 1. The molecule has 0 spiro atoms. The summed E-state index contributed by atoms with van der Waals surface area (Å²) < 4.78 is 0. The van der Waals surface area contributed by atoms with Gasteiger partial charge in [0.2, 0.25) is 0 Å². The molecule has 17 heavy (non-hydrogen) atoms. The van der Waals surface area contributed by atoms with Crippen LogP contribution < -0.4 is 5.73 Å². The Bertz CT molecular complexity index is 463. The van der Waals surface area contributed by atoms with Crippen LogP contribution in [-0.2, 0) is 5.75 Å². The minimum absolute atomic E-state index is 0.818. The second-order valence-corrected chi connectivity index (χ2v) is 5.63. The molecule has 0 bridgehead atoms. The van der Waals surface area contributed by atoms with Gasteiger partial charge in [-0.2, -0.15) is 0 Å². The summed E-state index contributed by atoms with van der Waals surface area (Å²) in [5.41, 5.74) is 7.82. The molecule has 1 nitrogen and oxygen atoms in total. The highest BCUT2D eigenvalue weighted by atomic mass is 32.2. The van der Waals surface area contributed by atoms with Crippen molar-refractivity contribution >= 4 is 29.2 Å². The van der Waals surface area contributed by atoms with Crippen molar-refractivity contribution < 1.29 is 0 Å². The minimum atomic E-state index is 0.818. The molecule has 2 aromatic rings. The van der Waals surface area contributed by atoms with Crippen molar-refractivity contribution in [3.8, 4) is 0 Å². The van der Waals surface area contributed by atoms with E-state index >= 15 is 0 Å². The van der Waals surface area contributed by atoms with E-state index in [2.05, 4.69) is 42.7 Å². The molecule has 0 unspecified atom stereocenters. The van der Waals surface area contributed by atoms with Crippen molar-refractivity contribution in [3.63, 3.8) is 0 Å². The van der Waals surface area contributed by atoms with Crippen molar-refractivity contribution in [1.82, 2.24) is 0 Å². The first-order valence-corrected chi connectivity index (χ1v) is 7.60. The average Bonchev–Trinajstić information content (AvgIpc) is 2.39. The molecular weight excluding hydrogens is 246 g/mol. The van der Waals surface area contributed by atoms with Gasteiger partial charge in [0.05, 0.1) is 0 Å². The molecule has 0 amide bonds. The van der Waals surface area contributed by atoms with Gasteiger partial charge in [0.15, 0.2) is 0 Å². The third-order valence-electron chi connectivity index (χ3n) is 2.44. The Balaban J connectivity index is 1.95. The Morgan fingerprint density at radius 2 is 1.47 bits per heavy atom. The van der Waals surface area contributed by atoms with E-state index in [4.69, 9.17) is 5.73 Å². The van der Waals surface area contributed by atoms with E-state index in [1.165, 1.54) is 15.4 Å². The van der Waals surface area contributed by atoms with Crippen LogP contribution in [0.3, 0.4) is 0 Å². The topological polar surface area (TPSA) is 26.0 Å². The van der Waals surface area contributed by atoms with E-state index in [0.717, 1.165) is 11.4 Å². The lowest BCUT2D eigenvalue weighted by molar-refractivity contribution is 1.34. The quantitative estimate of drug-likeness (QED) is 0.657. The van der Waals surface area contributed by atoms with Crippen LogP contribution in [0.2, 0.25) is 0 Å². The zero-order valence-corrected chi connectivity index (χ0v) is 11.4. The Morgan fingerprint density at radius 3 is 2.06 bits per heavy atom. The van der Waals surface area contributed by atoms with E-state index in [1.54, 1.807) is 11.8 Å². The van der Waals surface area contributed by atoms with Gasteiger partial charge in [0, 0.05) is 21.2 Å². The summed E-state index contributed by atoms with van der Waals surface area (Å²) in [6, 6.07) is 16.7. The van der Waals surface area contributed by atoms with Gasteiger partial charge in [-0.05, 0) is 48.2 Å². The number of nitrogens with two attached hydrogens (primary N) is 1. The fourth-order valence-corrected chi connectivity index (χ4v) is 2.72. The lowest BCUT2D eigenvalue weighted by Crippen LogP contribution is -1.84. The second-order valence-electron chi connectivity index (χ2n) is 3.71. The van der Waals surface area contributed by atoms with Crippen molar-refractivity contribution in [2.45, 2.75) is 15.5 Å². The number of anilines is 1. The summed E-state index contributed by atoms with van der Waals surface area (Å²) in [4.78, 5) is 2.57. The van der Waals surface area contributed by atoms with Crippen molar-refractivity contribution in [2.24, 2.45) is 0 Å². The first kappa shape index (κ1) is 12.4. The number of thioether (sulfide) groups is 2. The van der Waals surface area contributed by atoms with Crippen LogP contribution in [0.5, 0.6) is 0 Å². The largest absolute Gasteiger partial charge is 0.399 e. The van der Waals surface area contributed by atoms with Gasteiger partial charge in [0.25, 0.3) is 0 Å². The third-order valence-corrected chi connectivity index (χ3v) is 4.27. The molecule has 0 radical (unpaired) electrons. The maximum Gasteiger partial charge on any atom is 0.0314 e. The van der Waals surface area contributed by atoms with E-state index < -0.39 is 0 Å². The first-order chi connectivity index (χ1) is 8.28. The number of hydrogen-bond donors (Lipinski definition) is 1. The molecule has 2 aromatic carbocycles. The Labute approximate surface area is 111 Å². The molecule has 2 N–H and O–H groups in total. The molecule has 0 aliphatic rings. The van der Waals surface area contributed by atoms with Gasteiger partial charge in [-0.3, -0.25) is 0 Å². The second kappa shape index (κ2) is 6.03. The van der Waals surface area contributed by atoms with Gasteiger partial charge < -0.3 is 5.73 Å². The van der Waals surface area contributed by atoms with Crippen LogP contribution in [0.25, 0.3) is 0 Å². The zero-order chi connectivity index (χ0) is 12.1. The fourth-order valence-electron chi connectivity index (χ4n) is 1.45. The molecule has 0 saturated carbocycles. The van der Waals surface area contributed by atoms with Crippen molar-refractivity contribution in [3.05, 3.63) is 54.1 Å². The molecule has 0 aliphatic carbocycles. The van der Waals surface area contributed by atoms with Gasteiger partial charge in [-0.25, -0.2) is 0 Å². The lowest BCUT2D eigenvalue weighted by atomic mass is 10.2. The van der Waals surface area contributed by atoms with Crippen LogP contribution in [0.4, 0.5) is 5.69 Å². The fraction of sp³-hybridized carbons (Fsp3) is 0.143. The average molecular weight is 261 g/mol. The van der Waals surface area contributed by atoms with E-state index in [9.17, 15) is 0 Å². The maximum absolute atomic E-state index is 5.65. The first-order valence-electron chi connectivity index (χ1n) is 5.39. The van der Waals surface area contributed by atoms with Crippen LogP contribution in [-0.4, -0.2) is 6.26 Å². The number of hydrogen-bond acceptors (Lipinski definition) is 3. The Kier molecular flexibility index (Phi) is 4.40. The van der Waals surface area contributed by atoms with E-state index in [0.29, 0.717) is 0 Å². The predicted molar refractivity (Wildman–Crippen MR) is 78.6 cm³/mol. The van der Waals surface area contributed by atoms with Crippen LogP contribution in [0.1, 0.15) is 5.56 Å². The predicted octanol–water partition coefficient (Wildman–Crippen LogP) is 4.28. The van der Waals surface area contributed by atoms with E-state index in [-0.39, 0.29) is 0 Å². The summed E-state index contributed by atoms with van der Waals surface area (Å²) >= 11 is 3.61. The monoisotopic (exact) mass is 261 g/mol. The van der Waals surface area contributed by atoms with E-state index in [1.807, 2.05) is 23.9 Å². The zero-order valence-electron chi connectivity index (χ0n) is 9.72. The molecule has 0 fully saturated rings. The molecule has 88 valence electrons. The van der Waals surface area contributed by atoms with Crippen LogP contribution in [0.15, 0.2) is 58.3 Å².